The summed E-state index contributed by atoms with van der Waals surface area (Å²) in [5.41, 5.74) is 2.33. The number of benzene rings is 4. The first kappa shape index (κ1) is 23.0. The predicted molar refractivity (Wildman–Crippen MR) is 134 cm³/mol. The third-order valence-electron chi connectivity index (χ3n) is 6.06. The number of carbonyl (C=O) groups excluding carboxylic acids is 1. The average Bonchev–Trinajstić information content (AvgIpc) is 3.36. The number of aromatic carboxylic acids is 1. The van der Waals surface area contributed by atoms with Gasteiger partial charge in [-0.15, -0.1) is 0 Å². The van der Waals surface area contributed by atoms with Crippen molar-refractivity contribution in [3.63, 3.8) is 0 Å². The molecular weight excluding hydrogens is 462 g/mol. The Bertz CT molecular complexity index is 1470. The second kappa shape index (κ2) is 9.50. The lowest BCUT2D eigenvalue weighted by Gasteiger charge is -2.22. The highest BCUT2D eigenvalue weighted by atomic mass is 16.7. The van der Waals surface area contributed by atoms with Crippen LogP contribution in [0.15, 0.2) is 66.7 Å². The number of hydrogen-bond acceptors (Lipinski definition) is 6. The molecule has 8 nitrogen and oxygen atoms in total. The molecule has 0 fully saturated rings. The van der Waals surface area contributed by atoms with E-state index in [4.69, 9.17) is 18.9 Å². The van der Waals surface area contributed by atoms with Crippen molar-refractivity contribution in [3.05, 3.63) is 77.9 Å². The first-order valence-corrected chi connectivity index (χ1v) is 11.2. The molecule has 5 rings (SSSR count). The van der Waals surface area contributed by atoms with Crippen molar-refractivity contribution in [1.29, 1.82) is 0 Å². The Kier molecular flexibility index (Phi) is 6.08. The largest absolute Gasteiger partial charge is 0.492 e. The normalized spacial score (nSPS) is 11.8. The number of anilines is 1. The SMILES string of the molecule is COc1c(OCc2ccccc2)ccc(-c2ccc3cc4c(cc3c2N(C)C=O)OCO4)c1C(=O)O. The second-order valence-electron chi connectivity index (χ2n) is 8.20. The summed E-state index contributed by atoms with van der Waals surface area (Å²) in [5.74, 6) is 0.388. The maximum absolute atomic E-state index is 12.5. The zero-order chi connectivity index (χ0) is 25.2. The van der Waals surface area contributed by atoms with Crippen LogP contribution in [0.2, 0.25) is 0 Å². The van der Waals surface area contributed by atoms with E-state index in [0.717, 1.165) is 10.9 Å². The van der Waals surface area contributed by atoms with E-state index in [9.17, 15) is 14.7 Å². The van der Waals surface area contributed by atoms with Crippen molar-refractivity contribution in [2.75, 3.05) is 25.9 Å². The molecule has 4 aromatic carbocycles. The summed E-state index contributed by atoms with van der Waals surface area (Å²) >= 11 is 0. The van der Waals surface area contributed by atoms with E-state index in [2.05, 4.69) is 0 Å². The number of ether oxygens (including phenoxy) is 4. The fourth-order valence-electron chi connectivity index (χ4n) is 4.40. The van der Waals surface area contributed by atoms with Gasteiger partial charge in [-0.1, -0.05) is 42.5 Å². The summed E-state index contributed by atoms with van der Waals surface area (Å²) in [5, 5.41) is 11.8. The van der Waals surface area contributed by atoms with E-state index in [0.29, 0.717) is 45.9 Å². The summed E-state index contributed by atoms with van der Waals surface area (Å²) in [6.45, 7) is 0.361. The predicted octanol–water partition coefficient (Wildman–Crippen LogP) is 5.11. The van der Waals surface area contributed by atoms with Gasteiger partial charge in [-0.25, -0.2) is 4.79 Å². The minimum atomic E-state index is -1.18. The molecule has 0 saturated carbocycles. The highest BCUT2D eigenvalue weighted by Crippen LogP contribution is 2.46. The first-order valence-electron chi connectivity index (χ1n) is 11.2. The van der Waals surface area contributed by atoms with Crippen molar-refractivity contribution in [2.24, 2.45) is 0 Å². The van der Waals surface area contributed by atoms with Gasteiger partial charge in [-0.3, -0.25) is 4.79 Å². The molecule has 0 atom stereocenters. The lowest BCUT2D eigenvalue weighted by Crippen LogP contribution is -2.16. The van der Waals surface area contributed by atoms with Crippen LogP contribution in [0.3, 0.4) is 0 Å². The zero-order valence-electron chi connectivity index (χ0n) is 19.7. The van der Waals surface area contributed by atoms with Crippen LogP contribution in [0.25, 0.3) is 21.9 Å². The molecule has 0 aliphatic carbocycles. The number of carboxylic acids is 1. The standard InChI is InChI=1S/C28H23NO7/c1-29(15-30)26-20(9-8-18-12-23-24(13-21(18)26)36-16-35-23)19-10-11-22(27(33-2)25(19)28(31)32)34-14-17-6-4-3-5-7-17/h3-13,15H,14,16H2,1-2H3,(H,31,32). The Balaban J connectivity index is 1.68. The molecule has 0 saturated heterocycles. The number of carboxylic acid groups (broad SMARTS) is 1. The maximum atomic E-state index is 12.5. The average molecular weight is 485 g/mol. The molecule has 1 aliphatic heterocycles. The van der Waals surface area contributed by atoms with Gasteiger partial charge < -0.3 is 29.0 Å². The molecule has 1 amide bonds. The summed E-state index contributed by atoms with van der Waals surface area (Å²) in [4.78, 5) is 25.8. The minimum absolute atomic E-state index is 0.0660. The van der Waals surface area contributed by atoms with Gasteiger partial charge >= 0.3 is 5.97 Å². The molecule has 0 radical (unpaired) electrons. The number of carbonyl (C=O) groups is 2. The molecule has 0 aromatic heterocycles. The number of amides is 1. The van der Waals surface area contributed by atoms with Crippen molar-refractivity contribution in [3.8, 4) is 34.1 Å². The van der Waals surface area contributed by atoms with Gasteiger partial charge in [-0.05, 0) is 35.2 Å². The molecule has 0 unspecified atom stereocenters. The fraction of sp³-hybridized carbons (Fsp3) is 0.143. The molecule has 1 aliphatic rings. The Morgan fingerprint density at radius 3 is 2.44 bits per heavy atom. The van der Waals surface area contributed by atoms with Crippen LogP contribution in [0.1, 0.15) is 15.9 Å². The quantitative estimate of drug-likeness (QED) is 0.347. The molecule has 4 aromatic rings. The summed E-state index contributed by atoms with van der Waals surface area (Å²) in [7, 11) is 3.02. The van der Waals surface area contributed by atoms with Gasteiger partial charge in [0.15, 0.2) is 23.0 Å². The molecule has 0 bridgehead atoms. The van der Waals surface area contributed by atoms with E-state index < -0.39 is 5.97 Å². The van der Waals surface area contributed by atoms with Crippen LogP contribution in [0, 0.1) is 0 Å². The van der Waals surface area contributed by atoms with Gasteiger partial charge in [0.05, 0.1) is 12.8 Å². The van der Waals surface area contributed by atoms with Gasteiger partial charge in [0.2, 0.25) is 13.2 Å². The zero-order valence-corrected chi connectivity index (χ0v) is 19.7. The number of methoxy groups -OCH3 is 1. The Morgan fingerprint density at radius 2 is 1.75 bits per heavy atom. The third-order valence-corrected chi connectivity index (χ3v) is 6.06. The molecule has 0 spiro atoms. The van der Waals surface area contributed by atoms with Crippen molar-refractivity contribution in [1.82, 2.24) is 0 Å². The third kappa shape index (κ3) is 4.02. The van der Waals surface area contributed by atoms with Gasteiger partial charge in [0, 0.05) is 23.6 Å². The van der Waals surface area contributed by atoms with Gasteiger partial charge in [-0.2, -0.15) is 0 Å². The van der Waals surface area contributed by atoms with Gasteiger partial charge in [0.25, 0.3) is 0 Å². The van der Waals surface area contributed by atoms with Crippen LogP contribution in [-0.2, 0) is 11.4 Å². The van der Waals surface area contributed by atoms with Gasteiger partial charge in [0.1, 0.15) is 12.2 Å². The van der Waals surface area contributed by atoms with E-state index in [1.165, 1.54) is 12.0 Å². The second-order valence-corrected chi connectivity index (χ2v) is 8.20. The molecule has 36 heavy (non-hydrogen) atoms. The number of fused-ring (bicyclic) bond motifs is 2. The van der Waals surface area contributed by atoms with Crippen molar-refractivity contribution < 1.29 is 33.6 Å². The number of nitrogens with zero attached hydrogens (tertiary/aromatic N) is 1. The van der Waals surface area contributed by atoms with E-state index in [-0.39, 0.29) is 24.7 Å². The number of rotatable bonds is 8. The summed E-state index contributed by atoms with van der Waals surface area (Å²) < 4.78 is 22.5. The first-order chi connectivity index (χ1) is 17.5. The maximum Gasteiger partial charge on any atom is 0.340 e. The van der Waals surface area contributed by atoms with Crippen LogP contribution in [0.5, 0.6) is 23.0 Å². The molecule has 1 N–H and O–H groups in total. The Labute approximate surface area is 207 Å². The monoisotopic (exact) mass is 485 g/mol. The fourth-order valence-corrected chi connectivity index (χ4v) is 4.40. The molecular formula is C28H23NO7. The van der Waals surface area contributed by atoms with Crippen molar-refractivity contribution >= 4 is 28.8 Å². The summed E-state index contributed by atoms with van der Waals surface area (Å²) in [6.07, 6.45) is 0.678. The van der Waals surface area contributed by atoms with Crippen LogP contribution < -0.4 is 23.8 Å². The lowest BCUT2D eigenvalue weighted by atomic mass is 9.93. The minimum Gasteiger partial charge on any atom is -0.492 e. The van der Waals surface area contributed by atoms with E-state index in [1.54, 1.807) is 31.3 Å². The highest BCUT2D eigenvalue weighted by Gasteiger charge is 2.26. The summed E-state index contributed by atoms with van der Waals surface area (Å²) in [6, 6.07) is 20.2. The number of hydrogen-bond donors (Lipinski definition) is 1. The topological polar surface area (TPSA) is 94.5 Å². The molecule has 1 heterocycles. The lowest BCUT2D eigenvalue weighted by molar-refractivity contribution is -0.107. The van der Waals surface area contributed by atoms with Crippen LogP contribution >= 0.6 is 0 Å². The Hall–Kier alpha value is -4.72. The Morgan fingerprint density at radius 1 is 1.03 bits per heavy atom. The highest BCUT2D eigenvalue weighted by molar-refractivity contribution is 6.10. The van der Waals surface area contributed by atoms with Crippen LogP contribution in [-0.4, -0.2) is 38.4 Å². The van der Waals surface area contributed by atoms with E-state index >= 15 is 0 Å². The smallest absolute Gasteiger partial charge is 0.340 e. The molecule has 8 heteroatoms. The van der Waals surface area contributed by atoms with Crippen molar-refractivity contribution in [2.45, 2.75) is 6.61 Å². The van der Waals surface area contributed by atoms with Crippen LogP contribution in [0.4, 0.5) is 5.69 Å². The molecule has 182 valence electrons. The van der Waals surface area contributed by atoms with E-state index in [1.807, 2.05) is 42.5 Å².